The van der Waals surface area contributed by atoms with E-state index in [-0.39, 0.29) is 22.4 Å². The number of urea groups is 1. The minimum atomic E-state index is -0.598. The van der Waals surface area contributed by atoms with Crippen molar-refractivity contribution in [2.75, 3.05) is 52.8 Å². The summed E-state index contributed by atoms with van der Waals surface area (Å²) in [6.07, 6.45) is 4.43. The second-order valence-electron chi connectivity index (χ2n) is 9.62. The van der Waals surface area contributed by atoms with Gasteiger partial charge in [0.25, 0.3) is 0 Å². The molecular formula is C26H31FN5O3+. The Morgan fingerprint density at radius 1 is 1.29 bits per heavy atom. The van der Waals surface area contributed by atoms with Crippen LogP contribution in [0.15, 0.2) is 36.5 Å². The number of nitrogens with zero attached hydrogens (tertiary/aromatic N) is 4. The van der Waals surface area contributed by atoms with Crippen LogP contribution in [0.1, 0.15) is 19.3 Å². The van der Waals surface area contributed by atoms with Crippen molar-refractivity contribution in [2.45, 2.75) is 25.3 Å². The molecule has 0 bridgehead atoms. The zero-order valence-corrected chi connectivity index (χ0v) is 20.4. The first-order valence-electron chi connectivity index (χ1n) is 12.0. The van der Waals surface area contributed by atoms with Crippen molar-refractivity contribution in [1.29, 1.82) is 0 Å². The summed E-state index contributed by atoms with van der Waals surface area (Å²) in [6.45, 7) is 2.62. The van der Waals surface area contributed by atoms with Crippen LogP contribution in [0.2, 0.25) is 0 Å². The van der Waals surface area contributed by atoms with Gasteiger partial charge in [-0.05, 0) is 50.7 Å². The normalized spacial score (nSPS) is 21.9. The van der Waals surface area contributed by atoms with Gasteiger partial charge in [0.05, 0.1) is 32.0 Å². The highest BCUT2D eigenvalue weighted by Gasteiger charge is 2.50. The lowest BCUT2D eigenvalue weighted by molar-refractivity contribution is 0.0436. The molecule has 35 heavy (non-hydrogen) atoms. The van der Waals surface area contributed by atoms with Crippen LogP contribution in [0.4, 0.5) is 20.6 Å². The number of hydrogen-bond donors (Lipinski definition) is 1. The zero-order valence-electron chi connectivity index (χ0n) is 20.4. The quantitative estimate of drug-likeness (QED) is 0.306. The minimum absolute atomic E-state index is 0.0272. The molecule has 3 aromatic rings. The Balaban J connectivity index is 1.45. The number of quaternary nitrogens is 1. The second-order valence-corrected chi connectivity index (χ2v) is 9.62. The average molecular weight is 481 g/mol. The molecule has 0 spiro atoms. The van der Waals surface area contributed by atoms with E-state index in [0.717, 1.165) is 54.7 Å². The van der Waals surface area contributed by atoms with Gasteiger partial charge in [0.15, 0.2) is 5.69 Å². The van der Waals surface area contributed by atoms with E-state index < -0.39 is 5.95 Å². The van der Waals surface area contributed by atoms with Gasteiger partial charge in [-0.15, -0.1) is 0 Å². The summed E-state index contributed by atoms with van der Waals surface area (Å²) < 4.78 is 26.4. The molecule has 9 heteroatoms. The molecule has 1 N–H and O–H groups in total. The largest absolute Gasteiger partial charge is 0.478 e. The summed E-state index contributed by atoms with van der Waals surface area (Å²) in [7, 11) is 5.91. The number of likely N-dealkylation sites (N-methyl/N-ethyl adjacent to an activating group) is 1. The molecule has 0 saturated carbocycles. The van der Waals surface area contributed by atoms with E-state index in [0.29, 0.717) is 24.3 Å². The lowest BCUT2D eigenvalue weighted by atomic mass is 10.0. The van der Waals surface area contributed by atoms with Gasteiger partial charge < -0.3 is 14.4 Å². The Morgan fingerprint density at radius 3 is 2.89 bits per heavy atom. The molecule has 2 atom stereocenters. The third-order valence-corrected chi connectivity index (χ3v) is 7.00. The maximum atomic E-state index is 15.0. The lowest BCUT2D eigenvalue weighted by Crippen LogP contribution is -2.59. The van der Waals surface area contributed by atoms with Crippen LogP contribution in [-0.4, -0.2) is 74.4 Å². The first-order valence-corrected chi connectivity index (χ1v) is 12.0. The van der Waals surface area contributed by atoms with E-state index in [1.165, 1.54) is 0 Å². The SMILES string of the molecule is CN(C)CCCOc1ccc(-c2ccc3ncc4c(c3c2)NC(=O)[N+]4(C)C2CCCOC2)c(F)n1. The number of aromatic nitrogens is 2. The molecule has 2 unspecified atom stereocenters. The van der Waals surface area contributed by atoms with Crippen molar-refractivity contribution >= 4 is 28.3 Å². The number of ether oxygens (including phenoxy) is 2. The van der Waals surface area contributed by atoms with Crippen molar-refractivity contribution in [3.63, 3.8) is 0 Å². The van der Waals surface area contributed by atoms with E-state index in [4.69, 9.17) is 9.47 Å². The Hall–Kier alpha value is -3.14. The Kier molecular flexibility index (Phi) is 6.39. The van der Waals surface area contributed by atoms with E-state index in [1.54, 1.807) is 18.3 Å². The van der Waals surface area contributed by atoms with E-state index in [9.17, 15) is 9.18 Å². The fraction of sp³-hybridized carbons (Fsp3) is 0.423. The van der Waals surface area contributed by atoms with Gasteiger partial charge >= 0.3 is 6.03 Å². The Bertz CT molecular complexity index is 1260. The number of carbonyl (C=O) groups is 1. The monoisotopic (exact) mass is 480 g/mol. The summed E-state index contributed by atoms with van der Waals surface area (Å²) in [6, 6.07) is 8.82. The Morgan fingerprint density at radius 2 is 2.14 bits per heavy atom. The molecule has 2 aliphatic rings. The van der Waals surface area contributed by atoms with Gasteiger partial charge in [-0.3, -0.25) is 5.32 Å². The highest BCUT2D eigenvalue weighted by molar-refractivity contribution is 6.15. The third kappa shape index (κ3) is 4.35. The van der Waals surface area contributed by atoms with Crippen LogP contribution < -0.4 is 14.5 Å². The van der Waals surface area contributed by atoms with Crippen LogP contribution in [0.5, 0.6) is 5.88 Å². The molecule has 5 rings (SSSR count). The van der Waals surface area contributed by atoms with E-state index in [2.05, 4.69) is 20.2 Å². The second kappa shape index (κ2) is 9.49. The molecule has 4 heterocycles. The first-order chi connectivity index (χ1) is 16.9. The predicted molar refractivity (Wildman–Crippen MR) is 134 cm³/mol. The van der Waals surface area contributed by atoms with Gasteiger partial charge in [0.1, 0.15) is 11.7 Å². The van der Waals surface area contributed by atoms with Crippen LogP contribution in [0.3, 0.4) is 0 Å². The molecule has 0 aliphatic carbocycles. The van der Waals surface area contributed by atoms with E-state index >= 15 is 0 Å². The molecule has 1 fully saturated rings. The molecule has 0 radical (unpaired) electrons. The highest BCUT2D eigenvalue weighted by Crippen LogP contribution is 2.44. The number of amides is 2. The van der Waals surface area contributed by atoms with Crippen LogP contribution >= 0.6 is 0 Å². The summed E-state index contributed by atoms with van der Waals surface area (Å²) in [5.74, 6) is -0.331. The zero-order chi connectivity index (χ0) is 24.6. The lowest BCUT2D eigenvalue weighted by Gasteiger charge is -2.35. The van der Waals surface area contributed by atoms with Crippen molar-refractivity contribution in [2.24, 2.45) is 0 Å². The predicted octanol–water partition coefficient (Wildman–Crippen LogP) is 4.43. The van der Waals surface area contributed by atoms with Crippen molar-refractivity contribution in [1.82, 2.24) is 19.4 Å². The van der Waals surface area contributed by atoms with Gasteiger partial charge in [0, 0.05) is 36.6 Å². The Labute approximate surface area is 204 Å². The van der Waals surface area contributed by atoms with Crippen molar-refractivity contribution in [3.05, 3.63) is 42.5 Å². The minimum Gasteiger partial charge on any atom is -0.478 e. The summed E-state index contributed by atoms with van der Waals surface area (Å²) in [5, 5.41) is 3.85. The number of carbonyl (C=O) groups excluding carboxylic acids is 1. The fourth-order valence-electron chi connectivity index (χ4n) is 4.93. The number of halogens is 1. The molecule has 2 amide bonds. The molecule has 2 aliphatic heterocycles. The van der Waals surface area contributed by atoms with Crippen LogP contribution in [0, 0.1) is 5.95 Å². The highest BCUT2D eigenvalue weighted by atomic mass is 19.1. The molecule has 184 valence electrons. The van der Waals surface area contributed by atoms with Crippen LogP contribution in [0.25, 0.3) is 22.0 Å². The number of hydrogen-bond acceptors (Lipinski definition) is 6. The molecule has 2 aromatic heterocycles. The average Bonchev–Trinajstić information content (AvgIpc) is 3.13. The number of rotatable bonds is 7. The standard InChI is InChI=1S/C26H30FN5O3/c1-31(2)11-5-13-35-23-10-8-19(25(27)29-23)17-7-9-21-20(14-17)24-22(15-28-21)32(3,26(33)30-24)18-6-4-12-34-16-18/h7-10,14-15,18H,4-6,11-13,16H2,1-3H3/p+1. The van der Waals surface area contributed by atoms with Crippen molar-refractivity contribution < 1.29 is 18.7 Å². The summed E-state index contributed by atoms with van der Waals surface area (Å²) in [4.78, 5) is 23.9. The summed E-state index contributed by atoms with van der Waals surface area (Å²) in [5.41, 5.74) is 3.30. The third-order valence-electron chi connectivity index (χ3n) is 7.00. The van der Waals surface area contributed by atoms with Gasteiger partial charge in [-0.25, -0.2) is 14.3 Å². The summed E-state index contributed by atoms with van der Waals surface area (Å²) >= 11 is 0. The van der Waals surface area contributed by atoms with Gasteiger partial charge in [0.2, 0.25) is 11.8 Å². The fourth-order valence-corrected chi connectivity index (χ4v) is 4.93. The van der Waals surface area contributed by atoms with Gasteiger partial charge in [-0.1, -0.05) is 6.07 Å². The number of pyridine rings is 2. The number of fused-ring (bicyclic) bond motifs is 3. The maximum Gasteiger partial charge on any atom is 0.426 e. The van der Waals surface area contributed by atoms with Crippen molar-refractivity contribution in [3.8, 4) is 17.0 Å². The molecular weight excluding hydrogens is 449 g/mol. The number of nitrogens with one attached hydrogen (secondary N) is 1. The number of benzene rings is 1. The van der Waals surface area contributed by atoms with E-state index in [1.807, 2.05) is 39.3 Å². The molecule has 8 nitrogen and oxygen atoms in total. The number of anilines is 1. The topological polar surface area (TPSA) is 76.6 Å². The van der Waals surface area contributed by atoms with Gasteiger partial charge in [-0.2, -0.15) is 9.37 Å². The smallest absolute Gasteiger partial charge is 0.426 e. The molecule has 1 aromatic carbocycles. The first kappa shape index (κ1) is 23.6. The maximum absolute atomic E-state index is 15.0. The van der Waals surface area contributed by atoms with Crippen LogP contribution in [-0.2, 0) is 4.74 Å². The molecule has 1 saturated heterocycles.